The van der Waals surface area contributed by atoms with E-state index in [-0.39, 0.29) is 0 Å². The first-order chi connectivity index (χ1) is 8.42. The van der Waals surface area contributed by atoms with E-state index >= 15 is 0 Å². The van der Waals surface area contributed by atoms with Crippen LogP contribution in [0.25, 0.3) is 32.8 Å². The number of pyridine rings is 1. The average Bonchev–Trinajstić information content (AvgIpc) is 2.73. The molecular weight excluding hydrogens is 210 g/mol. The predicted octanol–water partition coefficient (Wildman–Crippen LogP) is 4.13. The molecule has 0 bridgehead atoms. The minimum atomic E-state index is 0.845. The Kier molecular flexibility index (Phi) is 1.59. The Hall–Kier alpha value is -2.35. The molecule has 2 heterocycles. The van der Waals surface area contributed by atoms with Crippen LogP contribution >= 0.6 is 0 Å². The Balaban J connectivity index is 2.28. The number of rotatable bonds is 0. The second-order valence-corrected chi connectivity index (χ2v) is 4.15. The van der Waals surface area contributed by atoms with Gasteiger partial charge in [-0.1, -0.05) is 24.3 Å². The highest BCUT2D eigenvalue weighted by atomic mass is 16.3. The number of nitrogens with zero attached hydrogens (tertiary/aromatic N) is 1. The Morgan fingerprint density at radius 3 is 2.53 bits per heavy atom. The third kappa shape index (κ3) is 1.18. The topological polar surface area (TPSA) is 26.0 Å². The van der Waals surface area contributed by atoms with Gasteiger partial charge in [0.1, 0.15) is 11.1 Å². The van der Waals surface area contributed by atoms with Gasteiger partial charge < -0.3 is 4.42 Å². The second kappa shape index (κ2) is 3.08. The zero-order valence-electron chi connectivity index (χ0n) is 9.05. The average molecular weight is 219 g/mol. The van der Waals surface area contributed by atoms with Crippen molar-refractivity contribution in [2.75, 3.05) is 0 Å². The Labute approximate surface area is 97.5 Å². The number of fused-ring (bicyclic) bond motifs is 4. The van der Waals surface area contributed by atoms with Gasteiger partial charge in [0.25, 0.3) is 0 Å². The standard InChI is InChI=1S/C15H9NO/c1-2-5-11-9-14-12(8-10(11)4-1)15-13(17-14)6-3-7-16-15/h1-9H. The zero-order chi connectivity index (χ0) is 11.2. The summed E-state index contributed by atoms with van der Waals surface area (Å²) < 4.78 is 5.80. The first kappa shape index (κ1) is 8.76. The molecule has 17 heavy (non-hydrogen) atoms. The molecule has 0 spiro atoms. The van der Waals surface area contributed by atoms with Crippen LogP contribution in [0, 0.1) is 0 Å². The summed E-state index contributed by atoms with van der Waals surface area (Å²) >= 11 is 0. The highest BCUT2D eigenvalue weighted by molar-refractivity contribution is 6.08. The molecule has 0 saturated heterocycles. The molecule has 0 fully saturated rings. The van der Waals surface area contributed by atoms with E-state index in [0.29, 0.717) is 0 Å². The summed E-state index contributed by atoms with van der Waals surface area (Å²) in [5.41, 5.74) is 2.68. The van der Waals surface area contributed by atoms with Gasteiger partial charge in [0.05, 0.1) is 0 Å². The van der Waals surface area contributed by atoms with Crippen LogP contribution in [0.1, 0.15) is 0 Å². The molecule has 0 aliphatic rings. The highest BCUT2D eigenvalue weighted by Gasteiger charge is 2.08. The molecule has 80 valence electrons. The first-order valence-electron chi connectivity index (χ1n) is 5.58. The van der Waals surface area contributed by atoms with E-state index in [1.165, 1.54) is 10.8 Å². The molecular formula is C15H9NO. The van der Waals surface area contributed by atoms with E-state index in [0.717, 1.165) is 22.1 Å². The van der Waals surface area contributed by atoms with Gasteiger partial charge in [-0.05, 0) is 35.0 Å². The lowest BCUT2D eigenvalue weighted by molar-refractivity contribution is 0.668. The molecule has 4 rings (SSSR count). The molecule has 2 aromatic carbocycles. The fourth-order valence-corrected chi connectivity index (χ4v) is 2.28. The summed E-state index contributed by atoms with van der Waals surface area (Å²) in [6, 6.07) is 16.3. The van der Waals surface area contributed by atoms with Crippen LogP contribution in [0.3, 0.4) is 0 Å². The Bertz CT molecular complexity index is 839. The van der Waals surface area contributed by atoms with E-state index in [4.69, 9.17) is 4.42 Å². The van der Waals surface area contributed by atoms with Crippen LogP contribution in [0.2, 0.25) is 0 Å². The lowest BCUT2D eigenvalue weighted by Gasteiger charge is -1.96. The van der Waals surface area contributed by atoms with Crippen molar-refractivity contribution in [3.63, 3.8) is 0 Å². The van der Waals surface area contributed by atoms with Crippen molar-refractivity contribution in [1.29, 1.82) is 0 Å². The molecule has 0 unspecified atom stereocenters. The minimum Gasteiger partial charge on any atom is -0.454 e. The summed E-state index contributed by atoms with van der Waals surface area (Å²) in [7, 11) is 0. The van der Waals surface area contributed by atoms with Crippen LogP contribution < -0.4 is 0 Å². The number of aromatic nitrogens is 1. The maximum absolute atomic E-state index is 5.80. The number of hydrogen-bond acceptors (Lipinski definition) is 2. The molecule has 0 radical (unpaired) electrons. The molecule has 0 saturated carbocycles. The minimum absolute atomic E-state index is 0.845. The Morgan fingerprint density at radius 2 is 1.65 bits per heavy atom. The zero-order valence-corrected chi connectivity index (χ0v) is 9.05. The predicted molar refractivity (Wildman–Crippen MR) is 69.0 cm³/mol. The van der Waals surface area contributed by atoms with Crippen molar-refractivity contribution >= 4 is 32.8 Å². The van der Waals surface area contributed by atoms with Crippen molar-refractivity contribution in [2.45, 2.75) is 0 Å². The summed E-state index contributed by atoms with van der Waals surface area (Å²) in [6.45, 7) is 0. The number of furan rings is 1. The third-order valence-electron chi connectivity index (χ3n) is 3.09. The third-order valence-corrected chi connectivity index (χ3v) is 3.09. The van der Waals surface area contributed by atoms with E-state index in [2.05, 4.69) is 29.2 Å². The fraction of sp³-hybridized carbons (Fsp3) is 0. The Morgan fingerprint density at radius 1 is 0.824 bits per heavy atom. The largest absolute Gasteiger partial charge is 0.454 e. The van der Waals surface area contributed by atoms with E-state index in [1.54, 1.807) is 6.20 Å². The van der Waals surface area contributed by atoms with Crippen LogP contribution in [0.4, 0.5) is 0 Å². The highest BCUT2D eigenvalue weighted by Crippen LogP contribution is 2.30. The lowest BCUT2D eigenvalue weighted by atomic mass is 10.1. The second-order valence-electron chi connectivity index (χ2n) is 4.15. The smallest absolute Gasteiger partial charge is 0.153 e. The van der Waals surface area contributed by atoms with Gasteiger partial charge in [-0.15, -0.1) is 0 Å². The molecule has 2 aromatic heterocycles. The lowest BCUT2D eigenvalue weighted by Crippen LogP contribution is -1.73. The normalized spacial score (nSPS) is 11.5. The van der Waals surface area contributed by atoms with Crippen molar-refractivity contribution in [1.82, 2.24) is 4.98 Å². The quantitative estimate of drug-likeness (QED) is 0.444. The van der Waals surface area contributed by atoms with Crippen molar-refractivity contribution in [2.24, 2.45) is 0 Å². The SMILES string of the molecule is c1ccc2cc3c(cc2c1)oc1cccnc13. The summed E-state index contributed by atoms with van der Waals surface area (Å²) in [5.74, 6) is 0. The van der Waals surface area contributed by atoms with Gasteiger partial charge in [-0.25, -0.2) is 0 Å². The van der Waals surface area contributed by atoms with Gasteiger partial charge >= 0.3 is 0 Å². The fourth-order valence-electron chi connectivity index (χ4n) is 2.28. The monoisotopic (exact) mass is 219 g/mol. The van der Waals surface area contributed by atoms with Gasteiger partial charge in [0.15, 0.2) is 5.58 Å². The molecule has 2 heteroatoms. The molecule has 0 aliphatic heterocycles. The molecule has 0 N–H and O–H groups in total. The molecule has 0 atom stereocenters. The van der Waals surface area contributed by atoms with Gasteiger partial charge in [0.2, 0.25) is 0 Å². The number of hydrogen-bond donors (Lipinski definition) is 0. The van der Waals surface area contributed by atoms with E-state index in [9.17, 15) is 0 Å². The number of benzene rings is 2. The molecule has 4 aromatic rings. The van der Waals surface area contributed by atoms with Crippen molar-refractivity contribution < 1.29 is 4.42 Å². The molecule has 0 amide bonds. The van der Waals surface area contributed by atoms with Gasteiger partial charge in [0, 0.05) is 11.6 Å². The summed E-state index contributed by atoms with van der Waals surface area (Å²) in [4.78, 5) is 4.38. The van der Waals surface area contributed by atoms with Crippen LogP contribution in [-0.4, -0.2) is 4.98 Å². The van der Waals surface area contributed by atoms with Crippen molar-refractivity contribution in [3.8, 4) is 0 Å². The summed E-state index contributed by atoms with van der Waals surface area (Å²) in [5, 5.41) is 3.49. The molecule has 2 nitrogen and oxygen atoms in total. The van der Waals surface area contributed by atoms with E-state index in [1.807, 2.05) is 24.3 Å². The maximum atomic E-state index is 5.80. The van der Waals surface area contributed by atoms with Gasteiger partial charge in [-0.2, -0.15) is 0 Å². The maximum Gasteiger partial charge on any atom is 0.153 e. The summed E-state index contributed by atoms with van der Waals surface area (Å²) in [6.07, 6.45) is 1.80. The van der Waals surface area contributed by atoms with E-state index < -0.39 is 0 Å². The van der Waals surface area contributed by atoms with Crippen molar-refractivity contribution in [3.05, 3.63) is 54.7 Å². The van der Waals surface area contributed by atoms with Crippen LogP contribution in [0.15, 0.2) is 59.1 Å². The van der Waals surface area contributed by atoms with Crippen LogP contribution in [-0.2, 0) is 0 Å². The first-order valence-corrected chi connectivity index (χ1v) is 5.58. The van der Waals surface area contributed by atoms with Gasteiger partial charge in [-0.3, -0.25) is 4.98 Å². The van der Waals surface area contributed by atoms with Crippen LogP contribution in [0.5, 0.6) is 0 Å². The molecule has 0 aliphatic carbocycles.